The maximum absolute atomic E-state index is 13.3. The number of nitrogens with one attached hydrogen (secondary N) is 1. The third-order valence-corrected chi connectivity index (χ3v) is 7.07. The number of aromatic nitrogens is 1. The molecule has 2 aromatic carbocycles. The molecule has 1 atom stereocenters. The molecule has 1 N–H and O–H groups in total. The number of hydrogen-bond donors (Lipinski definition) is 1. The molecule has 2 amide bonds. The molecular weight excluding hydrogens is 410 g/mol. The second-order valence-electron chi connectivity index (χ2n) is 8.05. The molecule has 2 aliphatic heterocycles. The summed E-state index contributed by atoms with van der Waals surface area (Å²) in [4.78, 5) is 36.3. The molecule has 0 aliphatic carbocycles. The van der Waals surface area contributed by atoms with Crippen molar-refractivity contribution < 1.29 is 9.59 Å². The molecule has 1 aromatic heterocycles. The first-order valence-corrected chi connectivity index (χ1v) is 11.4. The van der Waals surface area contributed by atoms with Crippen molar-refractivity contribution in [1.29, 1.82) is 0 Å². The molecule has 7 nitrogen and oxygen atoms in total. The highest BCUT2D eigenvalue weighted by molar-refractivity contribution is 7.18. The van der Waals surface area contributed by atoms with Crippen molar-refractivity contribution in [2.24, 2.45) is 0 Å². The van der Waals surface area contributed by atoms with Crippen LogP contribution in [0, 0.1) is 0 Å². The van der Waals surface area contributed by atoms with Crippen molar-refractivity contribution in [3.63, 3.8) is 0 Å². The maximum Gasteiger partial charge on any atom is 0.244 e. The van der Waals surface area contributed by atoms with Gasteiger partial charge in [0.25, 0.3) is 0 Å². The summed E-state index contributed by atoms with van der Waals surface area (Å²) < 4.78 is 1.22. The van der Waals surface area contributed by atoms with E-state index in [1.807, 2.05) is 43.3 Å². The van der Waals surface area contributed by atoms with Gasteiger partial charge in [-0.3, -0.25) is 24.3 Å². The number of carbonyl (C=O) groups is 2. The third kappa shape index (κ3) is 4.06. The molecule has 8 heteroatoms. The smallest absolute Gasteiger partial charge is 0.244 e. The van der Waals surface area contributed by atoms with Crippen LogP contribution in [0.25, 0.3) is 10.2 Å². The van der Waals surface area contributed by atoms with Crippen molar-refractivity contribution in [1.82, 2.24) is 14.8 Å². The first-order valence-electron chi connectivity index (χ1n) is 10.6. The van der Waals surface area contributed by atoms with Crippen molar-refractivity contribution in [2.45, 2.75) is 19.5 Å². The lowest BCUT2D eigenvalue weighted by atomic mass is 10.1. The molecule has 160 valence electrons. The lowest BCUT2D eigenvalue weighted by molar-refractivity contribution is -0.126. The first kappa shape index (κ1) is 20.1. The van der Waals surface area contributed by atoms with Gasteiger partial charge in [0.05, 0.1) is 34.2 Å². The molecule has 31 heavy (non-hydrogen) atoms. The van der Waals surface area contributed by atoms with E-state index in [1.165, 1.54) is 4.70 Å². The van der Waals surface area contributed by atoms with Crippen molar-refractivity contribution in [3.05, 3.63) is 53.5 Å². The van der Waals surface area contributed by atoms with E-state index in [4.69, 9.17) is 4.98 Å². The Morgan fingerprint density at radius 3 is 2.65 bits per heavy atom. The summed E-state index contributed by atoms with van der Waals surface area (Å²) in [5.41, 5.74) is 2.53. The summed E-state index contributed by atoms with van der Waals surface area (Å²) in [7, 11) is 0. The lowest BCUT2D eigenvalue weighted by Gasteiger charge is -2.39. The average molecular weight is 436 g/mol. The van der Waals surface area contributed by atoms with E-state index >= 15 is 0 Å². The number of fused-ring (bicyclic) bond motifs is 2. The highest BCUT2D eigenvalue weighted by atomic mass is 32.1. The van der Waals surface area contributed by atoms with E-state index in [2.05, 4.69) is 27.2 Å². The van der Waals surface area contributed by atoms with Gasteiger partial charge in [-0.25, -0.2) is 4.98 Å². The van der Waals surface area contributed by atoms with Crippen LogP contribution in [0.1, 0.15) is 11.9 Å². The summed E-state index contributed by atoms with van der Waals surface area (Å²) >= 11 is 1.75. The molecule has 1 saturated heterocycles. The number of carbonyl (C=O) groups excluding carboxylic acids is 2. The molecule has 3 aromatic rings. The Balaban J connectivity index is 1.21. The monoisotopic (exact) mass is 435 g/mol. The summed E-state index contributed by atoms with van der Waals surface area (Å²) in [6.45, 7) is 6.28. The van der Waals surface area contributed by atoms with Crippen LogP contribution in [0.2, 0.25) is 0 Å². The minimum atomic E-state index is -0.274. The van der Waals surface area contributed by atoms with Gasteiger partial charge < -0.3 is 5.32 Å². The Hall–Kier alpha value is -2.81. The fourth-order valence-electron chi connectivity index (χ4n) is 4.30. The van der Waals surface area contributed by atoms with Crippen LogP contribution in [0.15, 0.2) is 48.5 Å². The fraction of sp³-hybridized carbons (Fsp3) is 0.348. The van der Waals surface area contributed by atoms with Gasteiger partial charge in [-0.05, 0) is 31.2 Å². The molecule has 0 radical (unpaired) electrons. The number of anilines is 2. The van der Waals surface area contributed by atoms with Crippen molar-refractivity contribution in [2.75, 3.05) is 42.9 Å². The largest absolute Gasteiger partial charge is 0.323 e. The highest BCUT2D eigenvalue weighted by Crippen LogP contribution is 2.30. The van der Waals surface area contributed by atoms with Gasteiger partial charge in [0, 0.05) is 26.2 Å². The van der Waals surface area contributed by atoms with Crippen molar-refractivity contribution in [3.8, 4) is 0 Å². The molecule has 2 aliphatic rings. The van der Waals surface area contributed by atoms with Gasteiger partial charge in [-0.2, -0.15) is 0 Å². The van der Waals surface area contributed by atoms with E-state index in [-0.39, 0.29) is 24.4 Å². The Morgan fingerprint density at radius 1 is 1.10 bits per heavy atom. The predicted octanol–water partition coefficient (Wildman–Crippen LogP) is 2.79. The molecule has 0 spiro atoms. The number of piperazine rings is 1. The first-order chi connectivity index (χ1) is 15.1. The summed E-state index contributed by atoms with van der Waals surface area (Å²) in [6, 6.07) is 15.4. The molecule has 1 fully saturated rings. The van der Waals surface area contributed by atoms with Gasteiger partial charge in [-0.15, -0.1) is 11.3 Å². The zero-order valence-electron chi connectivity index (χ0n) is 17.5. The van der Waals surface area contributed by atoms with Crippen LogP contribution in [0.4, 0.5) is 11.4 Å². The van der Waals surface area contributed by atoms with E-state index in [0.29, 0.717) is 5.69 Å². The van der Waals surface area contributed by atoms with Gasteiger partial charge in [-0.1, -0.05) is 24.3 Å². The molecular formula is C23H25N5O2S. The molecule has 0 saturated carbocycles. The van der Waals surface area contributed by atoms with Crippen LogP contribution in [0.5, 0.6) is 0 Å². The lowest BCUT2D eigenvalue weighted by Crippen LogP contribution is -2.56. The van der Waals surface area contributed by atoms with Crippen LogP contribution in [-0.4, -0.2) is 65.4 Å². The van der Waals surface area contributed by atoms with Crippen LogP contribution < -0.4 is 10.2 Å². The normalized spacial score (nSPS) is 18.6. The summed E-state index contributed by atoms with van der Waals surface area (Å²) in [5.74, 6) is -0.179. The van der Waals surface area contributed by atoms with Gasteiger partial charge in [0.15, 0.2) is 0 Å². The Morgan fingerprint density at radius 2 is 1.84 bits per heavy atom. The highest BCUT2D eigenvalue weighted by Gasteiger charge is 2.33. The number of rotatable bonds is 4. The van der Waals surface area contributed by atoms with E-state index in [1.54, 1.807) is 16.2 Å². The number of hydrogen-bond acceptors (Lipinski definition) is 6. The average Bonchev–Trinajstić information content (AvgIpc) is 3.20. The minimum absolute atomic E-state index is 0.0260. The Bertz CT molecular complexity index is 1090. The quantitative estimate of drug-likeness (QED) is 0.683. The second kappa shape index (κ2) is 8.37. The summed E-state index contributed by atoms with van der Waals surface area (Å²) in [5, 5.41) is 3.98. The topological polar surface area (TPSA) is 68.8 Å². The van der Waals surface area contributed by atoms with Gasteiger partial charge in [0.1, 0.15) is 11.6 Å². The Kier molecular flexibility index (Phi) is 5.43. The molecule has 1 unspecified atom stereocenters. The maximum atomic E-state index is 13.3. The molecule has 5 rings (SSSR count). The van der Waals surface area contributed by atoms with E-state index in [9.17, 15) is 9.59 Å². The van der Waals surface area contributed by atoms with E-state index < -0.39 is 0 Å². The van der Waals surface area contributed by atoms with E-state index in [0.717, 1.165) is 48.9 Å². The Labute approximate surface area is 185 Å². The number of para-hydroxylation sites is 3. The second-order valence-corrected chi connectivity index (χ2v) is 9.17. The molecule has 0 bridgehead atoms. The number of nitrogens with zero attached hydrogens (tertiary/aromatic N) is 4. The SMILES string of the molecule is CC(C(=O)N1CC(=O)Nc2ccccc21)N1CCN(Cc2nc3ccccc3s2)CC1. The number of amides is 2. The molecule has 3 heterocycles. The number of benzene rings is 2. The number of thiazole rings is 1. The zero-order chi connectivity index (χ0) is 21.4. The fourth-order valence-corrected chi connectivity index (χ4v) is 5.31. The van der Waals surface area contributed by atoms with Gasteiger partial charge >= 0.3 is 0 Å². The predicted molar refractivity (Wildman–Crippen MR) is 123 cm³/mol. The minimum Gasteiger partial charge on any atom is -0.323 e. The zero-order valence-corrected chi connectivity index (χ0v) is 18.3. The van der Waals surface area contributed by atoms with Crippen molar-refractivity contribution >= 4 is 44.7 Å². The standard InChI is InChI=1S/C23H25N5O2S/c1-16(23(30)28-14-21(29)24-17-6-2-4-8-19(17)28)27-12-10-26(11-13-27)15-22-25-18-7-3-5-9-20(18)31-22/h2-9,16H,10-15H2,1H3,(H,24,29). The summed E-state index contributed by atoms with van der Waals surface area (Å²) in [6.07, 6.45) is 0. The van der Waals surface area contributed by atoms with Crippen LogP contribution in [-0.2, 0) is 16.1 Å². The third-order valence-electron chi connectivity index (χ3n) is 6.05. The van der Waals surface area contributed by atoms with Gasteiger partial charge in [0.2, 0.25) is 11.8 Å². The van der Waals surface area contributed by atoms with Crippen LogP contribution >= 0.6 is 11.3 Å². The van der Waals surface area contributed by atoms with Crippen LogP contribution in [0.3, 0.4) is 0 Å².